The molecule has 1 rings (SSSR count). The van der Waals surface area contributed by atoms with Gasteiger partial charge in [-0.15, -0.1) is 0 Å². The molecule has 1 aromatic rings. The Morgan fingerprint density at radius 1 is 1.26 bits per heavy atom. The van der Waals surface area contributed by atoms with Gasteiger partial charge in [0.25, 0.3) is 0 Å². The van der Waals surface area contributed by atoms with Gasteiger partial charge in [0, 0.05) is 11.7 Å². The highest BCUT2D eigenvalue weighted by molar-refractivity contribution is 7.91. The Labute approximate surface area is 116 Å². The largest absolute Gasteiger partial charge is 0.328 e. The first-order valence-corrected chi connectivity index (χ1v) is 8.36. The lowest BCUT2D eigenvalue weighted by Gasteiger charge is -2.09. The van der Waals surface area contributed by atoms with Gasteiger partial charge in [-0.25, -0.2) is 8.42 Å². The maximum absolute atomic E-state index is 11.8. The molecule has 0 spiro atoms. The number of hydrogen-bond acceptors (Lipinski definition) is 4. The average molecular weight is 287 g/mol. The van der Waals surface area contributed by atoms with Crippen LogP contribution in [0.15, 0.2) is 0 Å². The normalized spacial score (nSPS) is 14.1. The van der Waals surface area contributed by atoms with Crippen LogP contribution in [0, 0.1) is 13.8 Å². The first-order chi connectivity index (χ1) is 8.65. The summed E-state index contributed by atoms with van der Waals surface area (Å²) in [4.78, 5) is 0. The van der Waals surface area contributed by atoms with E-state index in [9.17, 15) is 8.42 Å². The van der Waals surface area contributed by atoms with Crippen molar-refractivity contribution in [3.8, 4) is 0 Å². The summed E-state index contributed by atoms with van der Waals surface area (Å²) in [5.41, 5.74) is 8.92. The van der Waals surface area contributed by atoms with Gasteiger partial charge in [0.15, 0.2) is 9.84 Å². The highest BCUT2D eigenvalue weighted by Crippen LogP contribution is 2.15. The summed E-state index contributed by atoms with van der Waals surface area (Å²) in [6.45, 7) is 9.69. The fraction of sp³-hybridized carbons (Fsp3) is 0.769. The average Bonchev–Trinajstić information content (AvgIpc) is 2.53. The number of hydrogen-bond donors (Lipinski definition) is 1. The van der Waals surface area contributed by atoms with E-state index in [2.05, 4.69) is 5.10 Å². The van der Waals surface area contributed by atoms with Crippen molar-refractivity contribution in [1.29, 1.82) is 0 Å². The number of aromatic nitrogens is 2. The molecule has 1 heterocycles. The summed E-state index contributed by atoms with van der Waals surface area (Å²) >= 11 is 0. The molecule has 0 aromatic carbocycles. The van der Waals surface area contributed by atoms with Gasteiger partial charge in [0.05, 0.1) is 23.2 Å². The molecule has 0 fully saturated rings. The number of nitrogens with zero attached hydrogens (tertiary/aromatic N) is 2. The maximum Gasteiger partial charge on any atom is 0.154 e. The zero-order valence-corrected chi connectivity index (χ0v) is 13.3. The minimum atomic E-state index is -3.03. The van der Waals surface area contributed by atoms with Crippen LogP contribution in [0.4, 0.5) is 0 Å². The van der Waals surface area contributed by atoms with Crippen LogP contribution in [0.1, 0.15) is 37.7 Å². The van der Waals surface area contributed by atoms with Crippen LogP contribution >= 0.6 is 0 Å². The summed E-state index contributed by atoms with van der Waals surface area (Å²) in [5, 5.41) is 4.08. The molecule has 0 saturated carbocycles. The molecular weight excluding hydrogens is 262 g/mol. The van der Waals surface area contributed by atoms with Crippen molar-refractivity contribution in [2.24, 2.45) is 5.73 Å². The highest BCUT2D eigenvalue weighted by Gasteiger charge is 2.18. The smallest absolute Gasteiger partial charge is 0.154 e. The molecule has 0 saturated heterocycles. The first kappa shape index (κ1) is 16.2. The van der Waals surface area contributed by atoms with Gasteiger partial charge >= 0.3 is 0 Å². The van der Waals surface area contributed by atoms with E-state index in [4.69, 9.17) is 5.73 Å². The van der Waals surface area contributed by atoms with E-state index < -0.39 is 9.84 Å². The van der Waals surface area contributed by atoms with Crippen LogP contribution < -0.4 is 5.73 Å². The summed E-state index contributed by atoms with van der Waals surface area (Å²) < 4.78 is 25.4. The van der Waals surface area contributed by atoms with Crippen molar-refractivity contribution >= 4 is 9.84 Å². The lowest BCUT2D eigenvalue weighted by molar-refractivity contribution is 0.568. The monoisotopic (exact) mass is 287 g/mol. The quantitative estimate of drug-likeness (QED) is 0.853. The summed E-state index contributed by atoms with van der Waals surface area (Å²) in [6.07, 6.45) is 0.772. The van der Waals surface area contributed by atoms with Crippen LogP contribution in [0.3, 0.4) is 0 Å². The summed E-state index contributed by atoms with van der Waals surface area (Å²) in [5.74, 6) is 0.129. The van der Waals surface area contributed by atoms with Gasteiger partial charge in [0.1, 0.15) is 0 Å². The van der Waals surface area contributed by atoms with Crippen molar-refractivity contribution in [3.05, 3.63) is 17.0 Å². The van der Waals surface area contributed by atoms with Crippen molar-refractivity contribution < 1.29 is 8.42 Å². The van der Waals surface area contributed by atoms with Gasteiger partial charge in [-0.05, 0) is 46.6 Å². The Kier molecular flexibility index (Phi) is 5.15. The van der Waals surface area contributed by atoms with Crippen LogP contribution in [0.25, 0.3) is 0 Å². The molecular formula is C13H25N3O2S. The SMILES string of the molecule is Cc1nn(CCS(=O)(=O)C(C)C)c(C)c1CC(C)N. The maximum atomic E-state index is 11.8. The van der Waals surface area contributed by atoms with Gasteiger partial charge in [-0.2, -0.15) is 5.10 Å². The van der Waals surface area contributed by atoms with Crippen molar-refractivity contribution in [2.45, 2.75) is 58.9 Å². The second-order valence-corrected chi connectivity index (χ2v) is 8.15. The molecule has 0 aliphatic heterocycles. The summed E-state index contributed by atoms with van der Waals surface area (Å²) in [6, 6.07) is 0.0782. The molecule has 1 aromatic heterocycles. The molecule has 0 aliphatic rings. The van der Waals surface area contributed by atoms with Gasteiger partial charge < -0.3 is 5.73 Å². The molecule has 1 atom stereocenters. The number of nitrogens with two attached hydrogens (primary N) is 1. The Hall–Kier alpha value is -0.880. The zero-order valence-electron chi connectivity index (χ0n) is 12.5. The lowest BCUT2D eigenvalue weighted by Crippen LogP contribution is -2.22. The third kappa shape index (κ3) is 4.04. The van der Waals surface area contributed by atoms with Crippen LogP contribution in [-0.4, -0.2) is 35.2 Å². The van der Waals surface area contributed by atoms with E-state index in [0.717, 1.165) is 23.4 Å². The molecule has 0 radical (unpaired) electrons. The molecule has 0 bridgehead atoms. The highest BCUT2D eigenvalue weighted by atomic mass is 32.2. The van der Waals surface area contributed by atoms with Crippen molar-refractivity contribution in [2.75, 3.05) is 5.75 Å². The second kappa shape index (κ2) is 6.05. The van der Waals surface area contributed by atoms with E-state index in [0.29, 0.717) is 6.54 Å². The van der Waals surface area contributed by atoms with Crippen molar-refractivity contribution in [1.82, 2.24) is 9.78 Å². The lowest BCUT2D eigenvalue weighted by atomic mass is 10.1. The molecule has 2 N–H and O–H groups in total. The van der Waals surface area contributed by atoms with Gasteiger partial charge in [0.2, 0.25) is 0 Å². The van der Waals surface area contributed by atoms with E-state index in [-0.39, 0.29) is 17.0 Å². The van der Waals surface area contributed by atoms with Gasteiger partial charge in [-0.3, -0.25) is 4.68 Å². The standard InChI is InChI=1S/C13H25N3O2S/c1-9(2)19(17,18)7-6-16-12(5)13(8-10(3)14)11(4)15-16/h9-10H,6-8,14H2,1-5H3. The van der Waals surface area contributed by atoms with E-state index in [1.54, 1.807) is 18.5 Å². The summed E-state index contributed by atoms with van der Waals surface area (Å²) in [7, 11) is -3.03. The third-order valence-electron chi connectivity index (χ3n) is 3.36. The van der Waals surface area contributed by atoms with Gasteiger partial charge in [-0.1, -0.05) is 0 Å². The number of aryl methyl sites for hydroxylation is 2. The Bertz CT molecular complexity index is 530. The molecule has 0 aliphatic carbocycles. The fourth-order valence-electron chi connectivity index (χ4n) is 2.02. The van der Waals surface area contributed by atoms with Crippen LogP contribution in [0.2, 0.25) is 0 Å². The fourth-order valence-corrected chi connectivity index (χ4v) is 2.92. The Morgan fingerprint density at radius 2 is 1.84 bits per heavy atom. The zero-order chi connectivity index (χ0) is 14.8. The molecule has 110 valence electrons. The van der Waals surface area contributed by atoms with E-state index in [1.807, 2.05) is 20.8 Å². The minimum absolute atomic E-state index is 0.0782. The van der Waals surface area contributed by atoms with E-state index >= 15 is 0 Å². The minimum Gasteiger partial charge on any atom is -0.328 e. The molecule has 0 amide bonds. The Morgan fingerprint density at radius 3 is 2.32 bits per heavy atom. The first-order valence-electron chi connectivity index (χ1n) is 6.65. The molecule has 19 heavy (non-hydrogen) atoms. The predicted molar refractivity (Wildman–Crippen MR) is 78.0 cm³/mol. The van der Waals surface area contributed by atoms with Crippen LogP contribution in [0.5, 0.6) is 0 Å². The molecule has 6 heteroatoms. The third-order valence-corrected chi connectivity index (χ3v) is 5.55. The predicted octanol–water partition coefficient (Wildman–Crippen LogP) is 1.21. The topological polar surface area (TPSA) is 78.0 Å². The number of rotatable bonds is 6. The molecule has 1 unspecified atom stereocenters. The van der Waals surface area contributed by atoms with E-state index in [1.165, 1.54) is 0 Å². The second-order valence-electron chi connectivity index (χ2n) is 5.47. The van der Waals surface area contributed by atoms with Crippen molar-refractivity contribution in [3.63, 3.8) is 0 Å². The molecule has 5 nitrogen and oxygen atoms in total. The Balaban J connectivity index is 2.87. The number of sulfone groups is 1. The van der Waals surface area contributed by atoms with Crippen LogP contribution in [-0.2, 0) is 22.8 Å².